The van der Waals surface area contributed by atoms with Crippen LogP contribution < -0.4 is 10.2 Å². The number of anilines is 1. The van der Waals surface area contributed by atoms with E-state index in [1.807, 2.05) is 17.7 Å². The van der Waals surface area contributed by atoms with Gasteiger partial charge in [-0.25, -0.2) is 4.68 Å². The molecule has 1 amide bonds. The van der Waals surface area contributed by atoms with E-state index in [9.17, 15) is 4.79 Å². The zero-order valence-electron chi connectivity index (χ0n) is 20.9. The standard InChI is InChI=1S/C28H32N6O/c1-18-8-10-24(11-9-18)34-21(4)25-20(3)30-31-27(26(25)32-34)33-14-12-23(13-15-33)28(35)29-17-22-7-5-6-19(2)16-22/h5-11,16,23H,12-15,17H2,1-4H3,(H,29,35). The molecule has 1 saturated heterocycles. The minimum Gasteiger partial charge on any atom is -0.353 e. The minimum atomic E-state index is 0.0109. The lowest BCUT2D eigenvalue weighted by Crippen LogP contribution is -2.40. The van der Waals surface area contributed by atoms with Crippen LogP contribution in [0.5, 0.6) is 0 Å². The Bertz CT molecular complexity index is 1370. The third-order valence-electron chi connectivity index (χ3n) is 6.98. The molecule has 2 aromatic carbocycles. The molecule has 180 valence electrons. The van der Waals surface area contributed by atoms with Crippen molar-refractivity contribution in [2.75, 3.05) is 18.0 Å². The van der Waals surface area contributed by atoms with Gasteiger partial charge in [0.05, 0.1) is 22.5 Å². The van der Waals surface area contributed by atoms with Gasteiger partial charge in [-0.15, -0.1) is 5.10 Å². The Morgan fingerprint density at radius 2 is 1.71 bits per heavy atom. The molecule has 4 aromatic rings. The van der Waals surface area contributed by atoms with Crippen LogP contribution in [0, 0.1) is 33.6 Å². The molecule has 0 aliphatic carbocycles. The number of fused-ring (bicyclic) bond motifs is 1. The van der Waals surface area contributed by atoms with E-state index in [-0.39, 0.29) is 11.8 Å². The second kappa shape index (κ2) is 9.49. The summed E-state index contributed by atoms with van der Waals surface area (Å²) in [5, 5.41) is 18.1. The smallest absolute Gasteiger partial charge is 0.223 e. The first-order chi connectivity index (χ1) is 16.9. The molecule has 0 bridgehead atoms. The Hall–Kier alpha value is -3.74. The van der Waals surface area contributed by atoms with Crippen molar-refractivity contribution < 1.29 is 4.79 Å². The fraction of sp³-hybridized carbons (Fsp3) is 0.357. The number of hydrogen-bond donors (Lipinski definition) is 1. The van der Waals surface area contributed by atoms with Crippen LogP contribution in [0.2, 0.25) is 0 Å². The Morgan fingerprint density at radius 3 is 2.43 bits per heavy atom. The highest BCUT2D eigenvalue weighted by Gasteiger charge is 2.28. The van der Waals surface area contributed by atoms with Gasteiger partial charge >= 0.3 is 0 Å². The number of nitrogens with zero attached hydrogens (tertiary/aromatic N) is 5. The fourth-order valence-electron chi connectivity index (χ4n) is 4.97. The Morgan fingerprint density at radius 1 is 0.971 bits per heavy atom. The summed E-state index contributed by atoms with van der Waals surface area (Å²) in [6.07, 6.45) is 1.57. The maximum atomic E-state index is 12.8. The molecule has 1 N–H and O–H groups in total. The van der Waals surface area contributed by atoms with E-state index >= 15 is 0 Å². The normalized spacial score (nSPS) is 14.5. The van der Waals surface area contributed by atoms with Crippen LogP contribution in [0.25, 0.3) is 16.6 Å². The van der Waals surface area contributed by atoms with Crippen LogP contribution in [0.15, 0.2) is 48.5 Å². The quantitative estimate of drug-likeness (QED) is 0.464. The number of benzene rings is 2. The number of carbonyl (C=O) groups is 1. The summed E-state index contributed by atoms with van der Waals surface area (Å²) in [6.45, 7) is 10.3. The second-order valence-corrected chi connectivity index (χ2v) is 9.63. The van der Waals surface area contributed by atoms with Crippen molar-refractivity contribution >= 4 is 22.6 Å². The van der Waals surface area contributed by atoms with E-state index in [1.165, 1.54) is 11.1 Å². The van der Waals surface area contributed by atoms with E-state index in [0.717, 1.165) is 65.3 Å². The summed E-state index contributed by atoms with van der Waals surface area (Å²) in [7, 11) is 0. The summed E-state index contributed by atoms with van der Waals surface area (Å²) < 4.78 is 1.98. The number of amides is 1. The van der Waals surface area contributed by atoms with Crippen molar-refractivity contribution in [3.8, 4) is 5.69 Å². The topological polar surface area (TPSA) is 75.9 Å². The molecule has 7 heteroatoms. The van der Waals surface area contributed by atoms with E-state index in [0.29, 0.717) is 6.54 Å². The van der Waals surface area contributed by atoms with E-state index < -0.39 is 0 Å². The van der Waals surface area contributed by atoms with Gasteiger partial charge in [0.25, 0.3) is 0 Å². The first-order valence-corrected chi connectivity index (χ1v) is 12.3. The predicted molar refractivity (Wildman–Crippen MR) is 139 cm³/mol. The average Bonchev–Trinajstić information content (AvgIpc) is 3.21. The summed E-state index contributed by atoms with van der Waals surface area (Å²) in [5.74, 6) is 0.945. The molecule has 2 aromatic heterocycles. The third-order valence-corrected chi connectivity index (χ3v) is 6.98. The maximum absolute atomic E-state index is 12.8. The summed E-state index contributed by atoms with van der Waals surface area (Å²) >= 11 is 0. The van der Waals surface area contributed by atoms with Crippen LogP contribution in [-0.2, 0) is 11.3 Å². The predicted octanol–water partition coefficient (Wildman–Crippen LogP) is 4.58. The molecule has 1 aliphatic rings. The molecule has 0 spiro atoms. The summed E-state index contributed by atoms with van der Waals surface area (Å²) in [4.78, 5) is 15.0. The number of aromatic nitrogens is 4. The van der Waals surface area contributed by atoms with Gasteiger partial charge in [0, 0.05) is 25.6 Å². The molecule has 0 unspecified atom stereocenters. The number of rotatable bonds is 5. The van der Waals surface area contributed by atoms with Crippen LogP contribution >= 0.6 is 0 Å². The van der Waals surface area contributed by atoms with Gasteiger partial charge in [-0.3, -0.25) is 4.79 Å². The second-order valence-electron chi connectivity index (χ2n) is 9.63. The molecule has 3 heterocycles. The van der Waals surface area contributed by atoms with Crippen LogP contribution in [-0.4, -0.2) is 39.0 Å². The monoisotopic (exact) mass is 468 g/mol. The van der Waals surface area contributed by atoms with Crippen LogP contribution in [0.3, 0.4) is 0 Å². The Kier molecular flexibility index (Phi) is 6.24. The number of nitrogens with one attached hydrogen (secondary N) is 1. The maximum Gasteiger partial charge on any atom is 0.223 e. The van der Waals surface area contributed by atoms with Crippen molar-refractivity contribution in [2.45, 2.75) is 47.1 Å². The van der Waals surface area contributed by atoms with Crippen molar-refractivity contribution in [1.29, 1.82) is 0 Å². The van der Waals surface area contributed by atoms with Gasteiger partial charge in [0.15, 0.2) is 5.82 Å². The minimum absolute atomic E-state index is 0.0109. The highest BCUT2D eigenvalue weighted by Crippen LogP contribution is 2.31. The van der Waals surface area contributed by atoms with Gasteiger partial charge < -0.3 is 10.2 Å². The summed E-state index contributed by atoms with van der Waals surface area (Å²) in [5.41, 5.74) is 7.39. The molecule has 0 saturated carbocycles. The summed E-state index contributed by atoms with van der Waals surface area (Å²) in [6, 6.07) is 16.6. The molecule has 35 heavy (non-hydrogen) atoms. The molecule has 5 rings (SSSR count). The van der Waals surface area contributed by atoms with Gasteiger partial charge in [0.1, 0.15) is 5.52 Å². The van der Waals surface area contributed by atoms with Crippen molar-refractivity contribution in [2.24, 2.45) is 5.92 Å². The Labute approximate surface area is 206 Å². The van der Waals surface area contributed by atoms with Crippen LogP contribution in [0.1, 0.15) is 40.9 Å². The largest absolute Gasteiger partial charge is 0.353 e. The molecular weight excluding hydrogens is 436 g/mol. The first-order valence-electron chi connectivity index (χ1n) is 12.3. The zero-order chi connectivity index (χ0) is 24.5. The molecule has 0 atom stereocenters. The van der Waals surface area contributed by atoms with Gasteiger partial charge in [-0.05, 0) is 58.2 Å². The van der Waals surface area contributed by atoms with Gasteiger partial charge in [-0.2, -0.15) is 10.2 Å². The van der Waals surface area contributed by atoms with E-state index in [1.54, 1.807) is 0 Å². The third kappa shape index (κ3) is 4.63. The fourth-order valence-corrected chi connectivity index (χ4v) is 4.97. The number of piperidine rings is 1. The molecular formula is C28H32N6O. The first kappa shape index (κ1) is 23.0. The van der Waals surface area contributed by atoms with Crippen molar-refractivity contribution in [3.05, 3.63) is 76.6 Å². The van der Waals surface area contributed by atoms with Crippen molar-refractivity contribution in [1.82, 2.24) is 25.3 Å². The van der Waals surface area contributed by atoms with E-state index in [2.05, 4.69) is 83.6 Å². The lowest BCUT2D eigenvalue weighted by atomic mass is 9.95. The average molecular weight is 469 g/mol. The van der Waals surface area contributed by atoms with Gasteiger partial charge in [-0.1, -0.05) is 47.5 Å². The zero-order valence-corrected chi connectivity index (χ0v) is 20.9. The molecule has 1 aliphatic heterocycles. The van der Waals surface area contributed by atoms with E-state index in [4.69, 9.17) is 5.10 Å². The lowest BCUT2D eigenvalue weighted by molar-refractivity contribution is -0.125. The number of hydrogen-bond acceptors (Lipinski definition) is 5. The Balaban J connectivity index is 1.31. The molecule has 1 fully saturated rings. The highest BCUT2D eigenvalue weighted by molar-refractivity contribution is 5.92. The molecule has 7 nitrogen and oxygen atoms in total. The lowest BCUT2D eigenvalue weighted by Gasteiger charge is -2.32. The highest BCUT2D eigenvalue weighted by atomic mass is 16.1. The number of aryl methyl sites for hydroxylation is 4. The van der Waals surface area contributed by atoms with Crippen molar-refractivity contribution in [3.63, 3.8) is 0 Å². The molecule has 0 radical (unpaired) electrons. The van der Waals surface area contributed by atoms with Crippen LogP contribution in [0.4, 0.5) is 5.82 Å². The number of carbonyl (C=O) groups excluding carboxylic acids is 1. The van der Waals surface area contributed by atoms with Gasteiger partial charge in [0.2, 0.25) is 5.91 Å². The SMILES string of the molecule is Cc1ccc(-n2nc3c(N4CCC(C(=O)NCc5cccc(C)c5)CC4)nnc(C)c3c2C)cc1.